The van der Waals surface area contributed by atoms with E-state index in [1.54, 1.807) is 0 Å². The first kappa shape index (κ1) is 20.6. The van der Waals surface area contributed by atoms with Crippen LogP contribution in [0.25, 0.3) is 0 Å². The SMILES string of the molecule is C/C=C/C1CCC2CC(C3CCC(C(=O)Oc4ccc(F)cc4)CC3)CCC2C1. The number of hydrogen-bond acceptors (Lipinski definition) is 2. The first-order valence-corrected chi connectivity index (χ1v) is 11.7. The first-order valence-electron chi connectivity index (χ1n) is 11.7. The molecular formula is C26H35FO2. The molecule has 0 heterocycles. The fraction of sp³-hybridized carbons (Fsp3) is 0.654. The number of halogens is 1. The van der Waals surface area contributed by atoms with Gasteiger partial charge in [0.25, 0.3) is 0 Å². The van der Waals surface area contributed by atoms with Crippen LogP contribution in [0.5, 0.6) is 5.75 Å². The van der Waals surface area contributed by atoms with Crippen molar-refractivity contribution in [2.75, 3.05) is 0 Å². The largest absolute Gasteiger partial charge is 0.426 e. The summed E-state index contributed by atoms with van der Waals surface area (Å²) >= 11 is 0. The van der Waals surface area contributed by atoms with Gasteiger partial charge in [-0.05, 0) is 125 Å². The minimum absolute atomic E-state index is 0.00362. The molecule has 1 aromatic rings. The topological polar surface area (TPSA) is 26.3 Å². The average Bonchev–Trinajstić information content (AvgIpc) is 2.75. The lowest BCUT2D eigenvalue weighted by Crippen LogP contribution is -2.35. The van der Waals surface area contributed by atoms with Crippen molar-refractivity contribution in [3.8, 4) is 5.75 Å². The van der Waals surface area contributed by atoms with Gasteiger partial charge in [0.1, 0.15) is 11.6 Å². The molecule has 0 radical (unpaired) electrons. The van der Waals surface area contributed by atoms with Crippen molar-refractivity contribution in [1.82, 2.24) is 0 Å². The summed E-state index contributed by atoms with van der Waals surface area (Å²) in [6, 6.07) is 5.73. The van der Waals surface area contributed by atoms with Crippen LogP contribution in [-0.4, -0.2) is 5.97 Å². The molecule has 2 nitrogen and oxygen atoms in total. The molecule has 0 bridgehead atoms. The molecule has 0 amide bonds. The van der Waals surface area contributed by atoms with E-state index in [1.807, 2.05) is 0 Å². The highest BCUT2D eigenvalue weighted by Gasteiger charge is 2.39. The van der Waals surface area contributed by atoms with E-state index >= 15 is 0 Å². The lowest BCUT2D eigenvalue weighted by Gasteiger charge is -2.45. The van der Waals surface area contributed by atoms with Gasteiger partial charge in [0.2, 0.25) is 0 Å². The standard InChI is InChI=1S/C26H35FO2/c1-2-3-18-4-5-23-17-22(11-10-21(23)16-18)19-6-8-20(9-7-19)26(28)29-25-14-12-24(27)13-15-25/h2-3,12-15,18-23H,4-11,16-17H2,1H3/b3-2+. The minimum atomic E-state index is -0.310. The van der Waals surface area contributed by atoms with E-state index < -0.39 is 0 Å². The molecule has 3 aliphatic rings. The first-order chi connectivity index (χ1) is 14.1. The Kier molecular flexibility index (Phi) is 6.72. The third-order valence-electron chi connectivity index (χ3n) is 7.96. The number of esters is 1. The number of carbonyl (C=O) groups is 1. The van der Waals surface area contributed by atoms with Crippen LogP contribution in [0.1, 0.15) is 71.1 Å². The Labute approximate surface area is 174 Å². The summed E-state index contributed by atoms with van der Waals surface area (Å²) in [5, 5.41) is 0. The molecule has 0 aromatic heterocycles. The number of fused-ring (bicyclic) bond motifs is 1. The number of rotatable bonds is 4. The molecule has 3 fully saturated rings. The number of hydrogen-bond donors (Lipinski definition) is 0. The van der Waals surface area contributed by atoms with Crippen molar-refractivity contribution in [3.05, 3.63) is 42.2 Å². The van der Waals surface area contributed by atoms with Gasteiger partial charge in [-0.15, -0.1) is 0 Å². The smallest absolute Gasteiger partial charge is 0.314 e. The van der Waals surface area contributed by atoms with Gasteiger partial charge in [-0.25, -0.2) is 4.39 Å². The van der Waals surface area contributed by atoms with Crippen molar-refractivity contribution in [1.29, 1.82) is 0 Å². The third-order valence-corrected chi connectivity index (χ3v) is 7.96. The van der Waals surface area contributed by atoms with Gasteiger partial charge in [0.15, 0.2) is 0 Å². The fourth-order valence-electron chi connectivity index (χ4n) is 6.37. The quantitative estimate of drug-likeness (QED) is 0.312. The van der Waals surface area contributed by atoms with Crippen LogP contribution in [0.3, 0.4) is 0 Å². The molecule has 4 atom stereocenters. The maximum Gasteiger partial charge on any atom is 0.314 e. The molecule has 4 rings (SSSR count). The Morgan fingerprint density at radius 1 is 0.862 bits per heavy atom. The van der Waals surface area contributed by atoms with Crippen LogP contribution in [0.2, 0.25) is 0 Å². The maximum atomic E-state index is 13.0. The summed E-state index contributed by atoms with van der Waals surface area (Å²) in [5.41, 5.74) is 0. The molecule has 158 valence electrons. The van der Waals surface area contributed by atoms with Crippen LogP contribution >= 0.6 is 0 Å². The predicted molar refractivity (Wildman–Crippen MR) is 114 cm³/mol. The number of benzene rings is 1. The van der Waals surface area contributed by atoms with Crippen molar-refractivity contribution >= 4 is 5.97 Å². The molecule has 0 aliphatic heterocycles. The van der Waals surface area contributed by atoms with Gasteiger partial charge in [-0.1, -0.05) is 12.2 Å². The van der Waals surface area contributed by atoms with E-state index in [0.29, 0.717) is 5.75 Å². The molecule has 4 unspecified atom stereocenters. The summed E-state index contributed by atoms with van der Waals surface area (Å²) in [5.74, 6) is 4.37. The van der Waals surface area contributed by atoms with Gasteiger partial charge >= 0.3 is 5.97 Å². The summed E-state index contributed by atoms with van der Waals surface area (Å²) in [6.07, 6.45) is 17.3. The second-order valence-corrected chi connectivity index (χ2v) is 9.68. The molecule has 0 spiro atoms. The molecule has 3 heteroatoms. The van der Waals surface area contributed by atoms with E-state index in [2.05, 4.69) is 19.1 Å². The zero-order valence-electron chi connectivity index (χ0n) is 17.7. The Bertz CT molecular complexity index is 702. The molecule has 0 N–H and O–H groups in total. The van der Waals surface area contributed by atoms with E-state index in [1.165, 1.54) is 62.8 Å². The lowest BCUT2D eigenvalue weighted by atomic mass is 9.61. The summed E-state index contributed by atoms with van der Waals surface area (Å²) in [4.78, 5) is 12.5. The fourth-order valence-corrected chi connectivity index (χ4v) is 6.37. The molecule has 0 saturated heterocycles. The Morgan fingerprint density at radius 3 is 2.14 bits per heavy atom. The highest BCUT2D eigenvalue weighted by molar-refractivity contribution is 5.75. The second kappa shape index (κ2) is 9.45. The molecule has 3 aliphatic carbocycles. The van der Waals surface area contributed by atoms with Gasteiger partial charge in [-0.2, -0.15) is 0 Å². The van der Waals surface area contributed by atoms with Crippen molar-refractivity contribution in [2.45, 2.75) is 71.1 Å². The van der Waals surface area contributed by atoms with Crippen LogP contribution < -0.4 is 4.74 Å². The van der Waals surface area contributed by atoms with Crippen molar-refractivity contribution in [3.63, 3.8) is 0 Å². The Balaban J connectivity index is 1.24. The van der Waals surface area contributed by atoms with Crippen LogP contribution in [0, 0.1) is 41.3 Å². The Hall–Kier alpha value is -1.64. The normalized spacial score (nSPS) is 35.2. The van der Waals surface area contributed by atoms with Crippen LogP contribution in [-0.2, 0) is 4.79 Å². The van der Waals surface area contributed by atoms with Gasteiger partial charge < -0.3 is 4.74 Å². The average molecular weight is 399 g/mol. The minimum Gasteiger partial charge on any atom is -0.426 e. The molecule has 29 heavy (non-hydrogen) atoms. The van der Waals surface area contributed by atoms with E-state index in [9.17, 15) is 9.18 Å². The monoisotopic (exact) mass is 398 g/mol. The van der Waals surface area contributed by atoms with Gasteiger partial charge in [0, 0.05) is 0 Å². The zero-order chi connectivity index (χ0) is 20.2. The molecular weight excluding hydrogens is 363 g/mol. The summed E-state index contributed by atoms with van der Waals surface area (Å²) < 4.78 is 18.5. The zero-order valence-corrected chi connectivity index (χ0v) is 17.7. The van der Waals surface area contributed by atoms with Crippen molar-refractivity contribution in [2.24, 2.45) is 35.5 Å². The van der Waals surface area contributed by atoms with Crippen LogP contribution in [0.4, 0.5) is 4.39 Å². The highest BCUT2D eigenvalue weighted by atomic mass is 19.1. The molecule has 3 saturated carbocycles. The predicted octanol–water partition coefficient (Wildman–Crippen LogP) is 6.95. The summed E-state index contributed by atoms with van der Waals surface area (Å²) in [6.45, 7) is 2.15. The van der Waals surface area contributed by atoms with Gasteiger partial charge in [0.05, 0.1) is 5.92 Å². The summed E-state index contributed by atoms with van der Waals surface area (Å²) in [7, 11) is 0. The maximum absolute atomic E-state index is 13.0. The van der Waals surface area contributed by atoms with E-state index in [0.717, 1.165) is 55.3 Å². The Morgan fingerprint density at radius 2 is 1.45 bits per heavy atom. The van der Waals surface area contributed by atoms with E-state index in [4.69, 9.17) is 4.74 Å². The van der Waals surface area contributed by atoms with Gasteiger partial charge in [-0.3, -0.25) is 4.79 Å². The number of allylic oxidation sites excluding steroid dienone is 2. The third kappa shape index (κ3) is 5.10. The van der Waals surface area contributed by atoms with Crippen molar-refractivity contribution < 1.29 is 13.9 Å². The highest BCUT2D eigenvalue weighted by Crippen LogP contribution is 2.49. The number of ether oxygens (including phenoxy) is 1. The molecule has 1 aromatic carbocycles. The number of carbonyl (C=O) groups excluding carboxylic acids is 1. The van der Waals surface area contributed by atoms with E-state index in [-0.39, 0.29) is 17.7 Å². The lowest BCUT2D eigenvalue weighted by molar-refractivity contribution is -0.140. The van der Waals surface area contributed by atoms with Crippen LogP contribution in [0.15, 0.2) is 36.4 Å². The second-order valence-electron chi connectivity index (χ2n) is 9.68.